The van der Waals surface area contributed by atoms with Crippen molar-refractivity contribution in [2.24, 2.45) is 11.7 Å². The number of rotatable bonds is 5. The maximum absolute atomic E-state index is 11.9. The summed E-state index contributed by atoms with van der Waals surface area (Å²) in [6, 6.07) is 4.30. The topological polar surface area (TPSA) is 98.5 Å². The zero-order valence-electron chi connectivity index (χ0n) is 12.6. The van der Waals surface area contributed by atoms with Gasteiger partial charge in [-0.2, -0.15) is 0 Å². The predicted octanol–water partition coefficient (Wildman–Crippen LogP) is 1.51. The second kappa shape index (κ2) is 7.91. The van der Waals surface area contributed by atoms with Crippen molar-refractivity contribution in [3.8, 4) is 0 Å². The molecule has 22 heavy (non-hydrogen) atoms. The van der Waals surface area contributed by atoms with Crippen LogP contribution in [0, 0.1) is 5.92 Å². The summed E-state index contributed by atoms with van der Waals surface area (Å²) in [5.74, 6) is -2.29. The van der Waals surface area contributed by atoms with Gasteiger partial charge < -0.3 is 15.8 Å². The van der Waals surface area contributed by atoms with Crippen LogP contribution in [0.4, 0.5) is 0 Å². The van der Waals surface area contributed by atoms with Crippen molar-refractivity contribution in [2.75, 3.05) is 0 Å². The van der Waals surface area contributed by atoms with Gasteiger partial charge in [0, 0.05) is 10.6 Å². The van der Waals surface area contributed by atoms with Crippen LogP contribution in [0.25, 0.3) is 0 Å². The highest BCUT2D eigenvalue weighted by atomic mass is 35.5. The number of ether oxygens (including phenoxy) is 1. The molecule has 0 aliphatic rings. The van der Waals surface area contributed by atoms with Crippen molar-refractivity contribution >= 4 is 29.4 Å². The van der Waals surface area contributed by atoms with Crippen LogP contribution in [0.2, 0.25) is 5.02 Å². The van der Waals surface area contributed by atoms with Gasteiger partial charge in [-0.25, -0.2) is 9.59 Å². The van der Waals surface area contributed by atoms with Crippen molar-refractivity contribution in [3.63, 3.8) is 0 Å². The van der Waals surface area contributed by atoms with Gasteiger partial charge in [0.2, 0.25) is 0 Å². The van der Waals surface area contributed by atoms with Crippen LogP contribution >= 0.6 is 11.6 Å². The molecule has 1 amide bonds. The Kier molecular flexibility index (Phi) is 6.52. The third kappa shape index (κ3) is 5.13. The Morgan fingerprint density at radius 1 is 1.09 bits per heavy atom. The highest BCUT2D eigenvalue weighted by molar-refractivity contribution is 6.30. The van der Waals surface area contributed by atoms with Gasteiger partial charge in [0.15, 0.2) is 0 Å². The SMILES string of the molecule is CC(C)[C@H](N)C(=O)OC(=O)[C@H](C)NC(=O)c1ccc(Cl)cc1. The first kappa shape index (κ1) is 18.1. The summed E-state index contributed by atoms with van der Waals surface area (Å²) >= 11 is 5.73. The van der Waals surface area contributed by atoms with E-state index in [1.807, 2.05) is 0 Å². The van der Waals surface area contributed by atoms with Crippen LogP contribution in [0.15, 0.2) is 24.3 Å². The average Bonchev–Trinajstić information content (AvgIpc) is 2.46. The van der Waals surface area contributed by atoms with E-state index in [0.717, 1.165) is 0 Å². The Hall–Kier alpha value is -1.92. The number of amides is 1. The number of hydrogen-bond donors (Lipinski definition) is 2. The second-order valence-electron chi connectivity index (χ2n) is 5.21. The van der Waals surface area contributed by atoms with E-state index in [2.05, 4.69) is 10.1 Å². The summed E-state index contributed by atoms with van der Waals surface area (Å²) in [4.78, 5) is 35.3. The van der Waals surface area contributed by atoms with Crippen molar-refractivity contribution in [1.29, 1.82) is 0 Å². The Balaban J connectivity index is 2.59. The van der Waals surface area contributed by atoms with Gasteiger partial charge in [0.25, 0.3) is 5.91 Å². The third-order valence-electron chi connectivity index (χ3n) is 3.00. The standard InChI is InChI=1S/C15H19ClN2O4/c1-8(2)12(17)15(21)22-14(20)9(3)18-13(19)10-4-6-11(16)7-5-10/h4-9,12H,17H2,1-3H3,(H,18,19)/t9-,12-/m0/s1. The molecule has 2 atom stereocenters. The summed E-state index contributed by atoms with van der Waals surface area (Å²) in [5.41, 5.74) is 5.93. The molecule has 1 rings (SSSR count). The van der Waals surface area contributed by atoms with E-state index in [1.54, 1.807) is 26.0 Å². The van der Waals surface area contributed by atoms with Crippen LogP contribution in [0.3, 0.4) is 0 Å². The molecule has 0 aliphatic carbocycles. The summed E-state index contributed by atoms with van der Waals surface area (Å²) in [7, 11) is 0. The molecular formula is C15H19ClN2O4. The fourth-order valence-electron chi connectivity index (χ4n) is 1.47. The normalized spacial score (nSPS) is 13.4. The van der Waals surface area contributed by atoms with Gasteiger partial charge >= 0.3 is 11.9 Å². The van der Waals surface area contributed by atoms with Gasteiger partial charge in [0.1, 0.15) is 12.1 Å². The third-order valence-corrected chi connectivity index (χ3v) is 3.25. The molecule has 0 saturated heterocycles. The van der Waals surface area contributed by atoms with Crippen LogP contribution in [0.1, 0.15) is 31.1 Å². The Morgan fingerprint density at radius 2 is 1.64 bits per heavy atom. The molecule has 0 saturated carbocycles. The van der Waals surface area contributed by atoms with Crippen LogP contribution < -0.4 is 11.1 Å². The lowest BCUT2D eigenvalue weighted by atomic mass is 10.1. The van der Waals surface area contributed by atoms with E-state index < -0.39 is 29.9 Å². The minimum atomic E-state index is -0.980. The summed E-state index contributed by atoms with van der Waals surface area (Å²) in [6.45, 7) is 4.90. The molecule has 7 heteroatoms. The number of carbonyl (C=O) groups is 3. The lowest BCUT2D eigenvalue weighted by molar-refractivity contribution is -0.162. The molecule has 0 spiro atoms. The monoisotopic (exact) mass is 326 g/mol. The molecule has 1 aromatic rings. The van der Waals surface area contributed by atoms with E-state index in [4.69, 9.17) is 17.3 Å². The number of nitrogens with one attached hydrogen (secondary N) is 1. The van der Waals surface area contributed by atoms with E-state index >= 15 is 0 Å². The summed E-state index contributed by atoms with van der Waals surface area (Å²) in [6.07, 6.45) is 0. The maximum atomic E-state index is 11.9. The number of hydrogen-bond acceptors (Lipinski definition) is 5. The fraction of sp³-hybridized carbons (Fsp3) is 0.400. The highest BCUT2D eigenvalue weighted by Gasteiger charge is 2.25. The van der Waals surface area contributed by atoms with Gasteiger partial charge in [-0.05, 0) is 37.1 Å². The molecule has 0 radical (unpaired) electrons. The molecule has 0 heterocycles. The molecule has 0 aliphatic heterocycles. The quantitative estimate of drug-likeness (QED) is 0.631. The fourth-order valence-corrected chi connectivity index (χ4v) is 1.59. The van der Waals surface area contributed by atoms with E-state index in [9.17, 15) is 14.4 Å². The van der Waals surface area contributed by atoms with Crippen molar-refractivity contribution in [3.05, 3.63) is 34.9 Å². The number of esters is 2. The Labute approximate surface area is 134 Å². The molecule has 0 fully saturated rings. The maximum Gasteiger partial charge on any atom is 0.336 e. The van der Waals surface area contributed by atoms with Gasteiger partial charge in [-0.15, -0.1) is 0 Å². The minimum Gasteiger partial charge on any atom is -0.390 e. The Bertz CT molecular complexity index is 557. The first-order valence-electron chi connectivity index (χ1n) is 6.80. The first-order valence-corrected chi connectivity index (χ1v) is 7.17. The van der Waals surface area contributed by atoms with E-state index in [0.29, 0.717) is 10.6 Å². The highest BCUT2D eigenvalue weighted by Crippen LogP contribution is 2.09. The molecule has 1 aromatic carbocycles. The largest absolute Gasteiger partial charge is 0.390 e. The van der Waals surface area contributed by atoms with Crippen LogP contribution in [-0.4, -0.2) is 29.9 Å². The Morgan fingerprint density at radius 3 is 2.14 bits per heavy atom. The molecular weight excluding hydrogens is 308 g/mol. The number of carbonyl (C=O) groups excluding carboxylic acids is 3. The number of halogens is 1. The van der Waals surface area contributed by atoms with Gasteiger partial charge in [-0.3, -0.25) is 4.79 Å². The zero-order chi connectivity index (χ0) is 16.9. The molecule has 0 unspecified atom stereocenters. The van der Waals surface area contributed by atoms with Crippen LogP contribution in [-0.2, 0) is 14.3 Å². The number of benzene rings is 1. The molecule has 3 N–H and O–H groups in total. The van der Waals surface area contributed by atoms with Gasteiger partial charge in [0.05, 0.1) is 0 Å². The minimum absolute atomic E-state index is 0.153. The smallest absolute Gasteiger partial charge is 0.336 e. The molecule has 120 valence electrons. The lowest BCUT2D eigenvalue weighted by Gasteiger charge is -2.16. The second-order valence-corrected chi connectivity index (χ2v) is 5.65. The number of nitrogens with two attached hydrogens (primary N) is 1. The van der Waals surface area contributed by atoms with E-state index in [1.165, 1.54) is 19.1 Å². The van der Waals surface area contributed by atoms with Crippen molar-refractivity contribution in [1.82, 2.24) is 5.32 Å². The van der Waals surface area contributed by atoms with Crippen molar-refractivity contribution < 1.29 is 19.1 Å². The van der Waals surface area contributed by atoms with Crippen molar-refractivity contribution in [2.45, 2.75) is 32.9 Å². The average molecular weight is 327 g/mol. The molecule has 0 aromatic heterocycles. The summed E-state index contributed by atoms with van der Waals surface area (Å²) < 4.78 is 4.65. The van der Waals surface area contributed by atoms with E-state index in [-0.39, 0.29) is 5.92 Å². The van der Waals surface area contributed by atoms with Gasteiger partial charge in [-0.1, -0.05) is 25.4 Å². The summed E-state index contributed by atoms with van der Waals surface area (Å²) in [5, 5.41) is 2.94. The molecule has 0 bridgehead atoms. The predicted molar refractivity (Wildman–Crippen MR) is 82.3 cm³/mol. The molecule has 6 nitrogen and oxygen atoms in total. The first-order chi connectivity index (χ1) is 10.2. The van der Waals surface area contributed by atoms with Crippen LogP contribution in [0.5, 0.6) is 0 Å². The zero-order valence-corrected chi connectivity index (χ0v) is 13.4. The lowest BCUT2D eigenvalue weighted by Crippen LogP contribution is -2.44.